The fourth-order valence-electron chi connectivity index (χ4n) is 4.68. The summed E-state index contributed by atoms with van der Waals surface area (Å²) < 4.78 is 37.4. The van der Waals surface area contributed by atoms with Gasteiger partial charge in [0.05, 0.1) is 26.2 Å². The Balaban J connectivity index is 1.98. The molecule has 1 atom stereocenters. The first kappa shape index (κ1) is 29.6. The van der Waals surface area contributed by atoms with Gasteiger partial charge >= 0.3 is 0 Å². The zero-order valence-electron chi connectivity index (χ0n) is 22.3. The van der Waals surface area contributed by atoms with Crippen molar-refractivity contribution >= 4 is 39.1 Å². The predicted molar refractivity (Wildman–Crippen MR) is 148 cm³/mol. The maximum Gasteiger partial charge on any atom is 0.244 e. The van der Waals surface area contributed by atoms with Crippen LogP contribution in [-0.2, 0) is 26.2 Å². The Morgan fingerprint density at radius 1 is 1.11 bits per heavy atom. The Labute approximate surface area is 230 Å². The van der Waals surface area contributed by atoms with Gasteiger partial charge < -0.3 is 19.7 Å². The Morgan fingerprint density at radius 2 is 1.79 bits per heavy atom. The highest BCUT2D eigenvalue weighted by atomic mass is 35.5. The second-order valence-corrected chi connectivity index (χ2v) is 11.6. The van der Waals surface area contributed by atoms with E-state index < -0.39 is 28.5 Å². The van der Waals surface area contributed by atoms with Gasteiger partial charge in [-0.3, -0.25) is 13.9 Å². The second kappa shape index (κ2) is 13.2. The van der Waals surface area contributed by atoms with E-state index in [1.165, 1.54) is 25.2 Å². The highest BCUT2D eigenvalue weighted by Gasteiger charge is 2.34. The number of halogens is 1. The average Bonchev–Trinajstić information content (AvgIpc) is 3.40. The Bertz CT molecular complexity index is 1230. The van der Waals surface area contributed by atoms with Gasteiger partial charge in [0.15, 0.2) is 0 Å². The molecule has 1 fully saturated rings. The Kier molecular flexibility index (Phi) is 10.3. The van der Waals surface area contributed by atoms with E-state index in [9.17, 15) is 18.0 Å². The van der Waals surface area contributed by atoms with Crippen molar-refractivity contribution < 1.29 is 27.5 Å². The van der Waals surface area contributed by atoms with Crippen LogP contribution in [0.1, 0.15) is 44.6 Å². The molecular weight excluding hydrogens is 530 g/mol. The molecule has 11 heteroatoms. The lowest BCUT2D eigenvalue weighted by molar-refractivity contribution is -0.140. The fraction of sp³-hybridized carbons (Fsp3) is 0.481. The molecule has 0 radical (unpaired) electrons. The maximum absolute atomic E-state index is 13.9. The summed E-state index contributed by atoms with van der Waals surface area (Å²) in [4.78, 5) is 28.7. The summed E-state index contributed by atoms with van der Waals surface area (Å²) in [6.45, 7) is 1.35. The van der Waals surface area contributed by atoms with Crippen LogP contribution in [0.2, 0.25) is 5.02 Å². The van der Waals surface area contributed by atoms with E-state index in [-0.39, 0.29) is 29.9 Å². The van der Waals surface area contributed by atoms with Crippen molar-refractivity contribution in [2.75, 3.05) is 31.3 Å². The average molecular weight is 566 g/mol. The molecule has 1 N–H and O–H groups in total. The standard InChI is InChI=1S/C27H36ClN3O6S/c1-5-23(27(33)29-20-11-7-8-12-20)30(17-19-10-6-9-13-22(19)28)26(32)18-31(38(4,34)35)24-15-14-21(36-2)16-25(24)37-3/h6,9-10,13-16,20,23H,5,7-8,11-12,17-18H2,1-4H3,(H,29,33)/t23-/m1/s1. The molecule has 1 saturated carbocycles. The molecule has 0 bridgehead atoms. The molecule has 0 aromatic heterocycles. The van der Waals surface area contributed by atoms with E-state index in [1.54, 1.807) is 36.4 Å². The van der Waals surface area contributed by atoms with Crippen LogP contribution in [0.15, 0.2) is 42.5 Å². The number of hydrogen-bond acceptors (Lipinski definition) is 6. The van der Waals surface area contributed by atoms with Crippen molar-refractivity contribution in [1.29, 1.82) is 0 Å². The molecule has 0 spiro atoms. The number of carbonyl (C=O) groups excluding carboxylic acids is 2. The van der Waals surface area contributed by atoms with Crippen molar-refractivity contribution in [3.8, 4) is 11.5 Å². The molecule has 1 aliphatic rings. The van der Waals surface area contributed by atoms with Crippen molar-refractivity contribution in [2.45, 2.75) is 57.7 Å². The van der Waals surface area contributed by atoms with Crippen molar-refractivity contribution in [2.24, 2.45) is 0 Å². The van der Waals surface area contributed by atoms with Gasteiger partial charge in [0.2, 0.25) is 21.8 Å². The highest BCUT2D eigenvalue weighted by Crippen LogP contribution is 2.34. The van der Waals surface area contributed by atoms with Gasteiger partial charge in [-0.2, -0.15) is 0 Å². The van der Waals surface area contributed by atoms with E-state index in [2.05, 4.69) is 5.32 Å². The zero-order valence-corrected chi connectivity index (χ0v) is 23.8. The van der Waals surface area contributed by atoms with Gasteiger partial charge in [-0.1, -0.05) is 49.6 Å². The van der Waals surface area contributed by atoms with Crippen LogP contribution >= 0.6 is 11.6 Å². The number of anilines is 1. The summed E-state index contributed by atoms with van der Waals surface area (Å²) in [5, 5.41) is 3.53. The quantitative estimate of drug-likeness (QED) is 0.417. The number of hydrogen-bond donors (Lipinski definition) is 1. The van der Waals surface area contributed by atoms with E-state index in [1.807, 2.05) is 6.92 Å². The normalized spacial score (nSPS) is 14.6. The van der Waals surface area contributed by atoms with Gasteiger partial charge in [0, 0.05) is 23.7 Å². The van der Waals surface area contributed by atoms with E-state index in [0.29, 0.717) is 22.8 Å². The molecule has 2 amide bonds. The second-order valence-electron chi connectivity index (χ2n) is 9.33. The van der Waals surface area contributed by atoms with Gasteiger partial charge in [-0.05, 0) is 43.0 Å². The summed E-state index contributed by atoms with van der Waals surface area (Å²) in [6, 6.07) is 11.0. The van der Waals surface area contributed by atoms with Gasteiger partial charge in [-0.15, -0.1) is 0 Å². The van der Waals surface area contributed by atoms with E-state index >= 15 is 0 Å². The van der Waals surface area contributed by atoms with Crippen LogP contribution in [-0.4, -0.2) is 64.2 Å². The molecule has 38 heavy (non-hydrogen) atoms. The molecule has 0 heterocycles. The summed E-state index contributed by atoms with van der Waals surface area (Å²) in [6.07, 6.45) is 5.28. The Morgan fingerprint density at radius 3 is 2.37 bits per heavy atom. The van der Waals surface area contributed by atoms with Gasteiger partial charge in [0.25, 0.3) is 0 Å². The fourth-order valence-corrected chi connectivity index (χ4v) is 5.73. The minimum atomic E-state index is -3.91. The number of sulfonamides is 1. The van der Waals surface area contributed by atoms with Gasteiger partial charge in [0.1, 0.15) is 24.1 Å². The number of nitrogens with one attached hydrogen (secondary N) is 1. The van der Waals surface area contributed by atoms with Crippen molar-refractivity contribution in [1.82, 2.24) is 10.2 Å². The molecule has 2 aromatic rings. The van der Waals surface area contributed by atoms with Crippen molar-refractivity contribution in [3.05, 3.63) is 53.1 Å². The minimum Gasteiger partial charge on any atom is -0.497 e. The number of benzene rings is 2. The van der Waals surface area contributed by atoms with Gasteiger partial charge in [-0.25, -0.2) is 8.42 Å². The molecule has 0 aliphatic heterocycles. The lowest BCUT2D eigenvalue weighted by atomic mass is 10.1. The monoisotopic (exact) mass is 565 g/mol. The third-order valence-electron chi connectivity index (χ3n) is 6.72. The molecule has 208 valence electrons. The predicted octanol–water partition coefficient (Wildman–Crippen LogP) is 3.99. The molecule has 9 nitrogen and oxygen atoms in total. The van der Waals surface area contributed by atoms with Crippen LogP contribution in [0.25, 0.3) is 0 Å². The smallest absolute Gasteiger partial charge is 0.244 e. The molecular formula is C27H36ClN3O6S. The molecule has 0 unspecified atom stereocenters. The number of nitrogens with zero attached hydrogens (tertiary/aromatic N) is 2. The first-order valence-corrected chi connectivity index (χ1v) is 14.8. The first-order chi connectivity index (χ1) is 18.1. The highest BCUT2D eigenvalue weighted by molar-refractivity contribution is 7.92. The Hall–Kier alpha value is -2.98. The lowest BCUT2D eigenvalue weighted by Crippen LogP contribution is -2.53. The summed E-state index contributed by atoms with van der Waals surface area (Å²) in [5.41, 5.74) is 0.841. The minimum absolute atomic E-state index is 0.0481. The number of carbonyl (C=O) groups is 2. The third kappa shape index (κ3) is 7.32. The zero-order chi connectivity index (χ0) is 27.9. The lowest BCUT2D eigenvalue weighted by Gasteiger charge is -2.33. The topological polar surface area (TPSA) is 105 Å². The third-order valence-corrected chi connectivity index (χ3v) is 8.22. The van der Waals surface area contributed by atoms with E-state index in [0.717, 1.165) is 36.2 Å². The molecule has 3 rings (SSSR count). The van der Waals surface area contributed by atoms with Crippen LogP contribution in [0.3, 0.4) is 0 Å². The number of amides is 2. The maximum atomic E-state index is 13.9. The van der Waals surface area contributed by atoms with Crippen LogP contribution in [0, 0.1) is 0 Å². The first-order valence-electron chi connectivity index (χ1n) is 12.6. The number of methoxy groups -OCH3 is 2. The van der Waals surface area contributed by atoms with Crippen molar-refractivity contribution in [3.63, 3.8) is 0 Å². The largest absolute Gasteiger partial charge is 0.497 e. The molecule has 1 aliphatic carbocycles. The SMILES string of the molecule is CC[C@H](C(=O)NC1CCCC1)N(Cc1ccccc1Cl)C(=O)CN(c1ccc(OC)cc1OC)S(C)(=O)=O. The number of rotatable bonds is 12. The summed E-state index contributed by atoms with van der Waals surface area (Å²) >= 11 is 6.41. The molecule has 2 aromatic carbocycles. The summed E-state index contributed by atoms with van der Waals surface area (Å²) in [7, 11) is -1.02. The van der Waals surface area contributed by atoms with Crippen LogP contribution in [0.5, 0.6) is 11.5 Å². The van der Waals surface area contributed by atoms with Crippen LogP contribution < -0.4 is 19.1 Å². The van der Waals surface area contributed by atoms with Crippen LogP contribution in [0.4, 0.5) is 5.69 Å². The molecule has 0 saturated heterocycles. The van der Waals surface area contributed by atoms with E-state index in [4.69, 9.17) is 21.1 Å². The number of ether oxygens (including phenoxy) is 2. The summed E-state index contributed by atoms with van der Waals surface area (Å²) in [5.74, 6) is -0.0963.